The topological polar surface area (TPSA) is 55.0 Å². The minimum Gasteiger partial charge on any atom is -0.352 e. The highest BCUT2D eigenvalue weighted by molar-refractivity contribution is 5.52. The minimum atomic E-state index is 0.524. The number of hydrogen-bond acceptors (Lipinski definition) is 4. The van der Waals surface area contributed by atoms with Gasteiger partial charge in [-0.15, -0.1) is 5.10 Å². The van der Waals surface area contributed by atoms with E-state index in [9.17, 15) is 0 Å². The van der Waals surface area contributed by atoms with Gasteiger partial charge in [-0.3, -0.25) is 0 Å². The second kappa shape index (κ2) is 6.53. The molecule has 2 heterocycles. The molecule has 1 aromatic rings. The van der Waals surface area contributed by atoms with Gasteiger partial charge in [-0.25, -0.2) is 0 Å². The first-order valence-electron chi connectivity index (χ1n) is 7.96. The molecule has 4 heteroatoms. The van der Waals surface area contributed by atoms with Crippen LogP contribution in [-0.4, -0.2) is 22.8 Å². The number of nitrogens with two attached hydrogens (primary N) is 1. The van der Waals surface area contributed by atoms with E-state index in [-0.39, 0.29) is 0 Å². The smallest absolute Gasteiger partial charge is 0.156 e. The third-order valence-electron chi connectivity index (χ3n) is 4.55. The SMILES string of the molecule is CCc1nnc(N2CCC(C)CC2C)c(CN)c1CC. The van der Waals surface area contributed by atoms with Crippen molar-refractivity contribution >= 4 is 5.82 Å². The highest BCUT2D eigenvalue weighted by Crippen LogP contribution is 2.30. The summed E-state index contributed by atoms with van der Waals surface area (Å²) in [7, 11) is 0. The van der Waals surface area contributed by atoms with Crippen molar-refractivity contribution in [1.82, 2.24) is 10.2 Å². The van der Waals surface area contributed by atoms with Crippen LogP contribution in [0.3, 0.4) is 0 Å². The average Bonchev–Trinajstić information content (AvgIpc) is 2.45. The van der Waals surface area contributed by atoms with Crippen LogP contribution in [0.4, 0.5) is 5.82 Å². The molecule has 4 nitrogen and oxygen atoms in total. The Morgan fingerprint density at radius 3 is 2.45 bits per heavy atom. The zero-order chi connectivity index (χ0) is 14.7. The Bertz CT molecular complexity index is 458. The molecule has 112 valence electrons. The third kappa shape index (κ3) is 2.80. The van der Waals surface area contributed by atoms with Gasteiger partial charge in [0, 0.05) is 24.7 Å². The Balaban J connectivity index is 2.41. The van der Waals surface area contributed by atoms with Crippen LogP contribution in [0.25, 0.3) is 0 Å². The van der Waals surface area contributed by atoms with Gasteiger partial charge in [0.1, 0.15) is 0 Å². The summed E-state index contributed by atoms with van der Waals surface area (Å²) >= 11 is 0. The summed E-state index contributed by atoms with van der Waals surface area (Å²) < 4.78 is 0. The molecule has 1 fully saturated rings. The van der Waals surface area contributed by atoms with Crippen LogP contribution in [0.2, 0.25) is 0 Å². The number of nitrogens with zero attached hydrogens (tertiary/aromatic N) is 3. The molecule has 0 radical (unpaired) electrons. The number of rotatable bonds is 4. The van der Waals surface area contributed by atoms with Crippen molar-refractivity contribution in [2.45, 2.75) is 66.0 Å². The van der Waals surface area contributed by atoms with Gasteiger partial charge in [0.2, 0.25) is 0 Å². The van der Waals surface area contributed by atoms with Gasteiger partial charge >= 0.3 is 0 Å². The van der Waals surface area contributed by atoms with E-state index >= 15 is 0 Å². The molecule has 1 aromatic heterocycles. The Morgan fingerprint density at radius 1 is 1.15 bits per heavy atom. The third-order valence-corrected chi connectivity index (χ3v) is 4.55. The summed E-state index contributed by atoms with van der Waals surface area (Å²) in [5.74, 6) is 1.83. The maximum absolute atomic E-state index is 6.04. The largest absolute Gasteiger partial charge is 0.352 e. The van der Waals surface area contributed by atoms with Crippen LogP contribution < -0.4 is 10.6 Å². The number of aromatic nitrogens is 2. The Kier molecular flexibility index (Phi) is 4.97. The molecule has 1 aliphatic rings. The molecule has 0 aromatic carbocycles. The average molecular weight is 276 g/mol. The zero-order valence-corrected chi connectivity index (χ0v) is 13.3. The molecule has 0 saturated carbocycles. The van der Waals surface area contributed by atoms with Gasteiger partial charge in [-0.2, -0.15) is 5.10 Å². The molecular formula is C16H28N4. The predicted octanol–water partition coefficient (Wildman–Crippen LogP) is 2.68. The van der Waals surface area contributed by atoms with Gasteiger partial charge in [0.25, 0.3) is 0 Å². The molecule has 0 bridgehead atoms. The molecule has 0 aliphatic carbocycles. The van der Waals surface area contributed by atoms with E-state index in [1.54, 1.807) is 0 Å². The second-order valence-corrected chi connectivity index (χ2v) is 6.01. The predicted molar refractivity (Wildman–Crippen MR) is 83.9 cm³/mol. The minimum absolute atomic E-state index is 0.524. The number of aryl methyl sites for hydroxylation is 1. The van der Waals surface area contributed by atoms with Crippen LogP contribution in [0, 0.1) is 5.92 Å². The summed E-state index contributed by atoms with van der Waals surface area (Å²) in [6, 6.07) is 0.524. The van der Waals surface area contributed by atoms with Crippen molar-refractivity contribution in [2.24, 2.45) is 11.7 Å². The zero-order valence-electron chi connectivity index (χ0n) is 13.3. The first kappa shape index (κ1) is 15.2. The van der Waals surface area contributed by atoms with E-state index in [1.807, 2.05) is 0 Å². The van der Waals surface area contributed by atoms with E-state index in [0.29, 0.717) is 12.6 Å². The molecule has 1 saturated heterocycles. The Morgan fingerprint density at radius 2 is 1.90 bits per heavy atom. The molecule has 1 aliphatic heterocycles. The quantitative estimate of drug-likeness (QED) is 0.918. The van der Waals surface area contributed by atoms with Gasteiger partial charge in [0.15, 0.2) is 5.82 Å². The first-order valence-corrected chi connectivity index (χ1v) is 7.96. The summed E-state index contributed by atoms with van der Waals surface area (Å²) in [5.41, 5.74) is 9.66. The Hall–Kier alpha value is -1.16. The number of piperidine rings is 1. The molecular weight excluding hydrogens is 248 g/mol. The van der Waals surface area contributed by atoms with Crippen molar-refractivity contribution in [2.75, 3.05) is 11.4 Å². The van der Waals surface area contributed by atoms with Crippen molar-refractivity contribution in [3.8, 4) is 0 Å². The van der Waals surface area contributed by atoms with Gasteiger partial charge in [-0.05, 0) is 44.1 Å². The van der Waals surface area contributed by atoms with E-state index in [1.165, 1.54) is 24.0 Å². The van der Waals surface area contributed by atoms with E-state index in [4.69, 9.17) is 5.73 Å². The van der Waals surface area contributed by atoms with Gasteiger partial charge in [0.05, 0.1) is 5.69 Å². The standard InChI is InChI=1S/C16H28N4/c1-5-13-14(10-17)16(19-18-15(13)6-2)20-8-7-11(3)9-12(20)4/h11-12H,5-10,17H2,1-4H3. The highest BCUT2D eigenvalue weighted by Gasteiger charge is 2.27. The lowest BCUT2D eigenvalue weighted by Crippen LogP contribution is -2.41. The van der Waals surface area contributed by atoms with Crippen molar-refractivity contribution in [3.63, 3.8) is 0 Å². The van der Waals surface area contributed by atoms with Crippen LogP contribution in [0.1, 0.15) is 57.4 Å². The molecule has 0 amide bonds. The summed E-state index contributed by atoms with van der Waals surface area (Å²) in [6.45, 7) is 10.6. The van der Waals surface area contributed by atoms with E-state index < -0.39 is 0 Å². The number of anilines is 1. The molecule has 0 spiro atoms. The normalized spacial score (nSPS) is 23.1. The van der Waals surface area contributed by atoms with E-state index in [2.05, 4.69) is 42.8 Å². The lowest BCUT2D eigenvalue weighted by molar-refractivity contribution is 0.374. The first-order chi connectivity index (χ1) is 9.62. The van der Waals surface area contributed by atoms with Crippen molar-refractivity contribution in [3.05, 3.63) is 16.8 Å². The Labute approximate surface area is 122 Å². The fraction of sp³-hybridized carbons (Fsp3) is 0.750. The van der Waals surface area contributed by atoms with Gasteiger partial charge in [-0.1, -0.05) is 20.8 Å². The van der Waals surface area contributed by atoms with E-state index in [0.717, 1.165) is 36.8 Å². The fourth-order valence-corrected chi connectivity index (χ4v) is 3.41. The maximum atomic E-state index is 6.04. The molecule has 2 unspecified atom stereocenters. The van der Waals surface area contributed by atoms with Crippen LogP contribution in [0.5, 0.6) is 0 Å². The summed E-state index contributed by atoms with van der Waals surface area (Å²) in [5, 5.41) is 8.98. The number of hydrogen-bond donors (Lipinski definition) is 1. The molecule has 20 heavy (non-hydrogen) atoms. The fourth-order valence-electron chi connectivity index (χ4n) is 3.41. The van der Waals surface area contributed by atoms with Crippen molar-refractivity contribution < 1.29 is 0 Å². The monoisotopic (exact) mass is 276 g/mol. The highest BCUT2D eigenvalue weighted by atomic mass is 15.3. The van der Waals surface area contributed by atoms with Crippen molar-refractivity contribution in [1.29, 1.82) is 0 Å². The summed E-state index contributed by atoms with van der Waals surface area (Å²) in [4.78, 5) is 2.41. The summed E-state index contributed by atoms with van der Waals surface area (Å²) in [6.07, 6.45) is 4.36. The van der Waals surface area contributed by atoms with Gasteiger partial charge < -0.3 is 10.6 Å². The molecule has 2 rings (SSSR count). The van der Waals surface area contributed by atoms with Crippen LogP contribution >= 0.6 is 0 Å². The lowest BCUT2D eigenvalue weighted by Gasteiger charge is -2.38. The molecule has 2 N–H and O–H groups in total. The molecule has 2 atom stereocenters. The second-order valence-electron chi connectivity index (χ2n) is 6.01. The van der Waals surface area contributed by atoms with Crippen LogP contribution in [0.15, 0.2) is 0 Å². The van der Waals surface area contributed by atoms with Crippen LogP contribution in [-0.2, 0) is 19.4 Å². The maximum Gasteiger partial charge on any atom is 0.156 e. The lowest BCUT2D eigenvalue weighted by atomic mass is 9.92.